The number of hydrogen-bond acceptors (Lipinski definition) is 4. The van der Waals surface area contributed by atoms with Crippen molar-refractivity contribution in [3.05, 3.63) is 52.2 Å². The first-order chi connectivity index (χ1) is 9.86. The molecule has 0 amide bonds. The molecule has 4 heteroatoms. The van der Waals surface area contributed by atoms with E-state index >= 15 is 0 Å². The second kappa shape index (κ2) is 8.04. The van der Waals surface area contributed by atoms with Gasteiger partial charge in [0.1, 0.15) is 12.4 Å². The summed E-state index contributed by atoms with van der Waals surface area (Å²) in [6.07, 6.45) is 0. The van der Waals surface area contributed by atoms with Gasteiger partial charge >= 0.3 is 0 Å². The lowest BCUT2D eigenvalue weighted by molar-refractivity contribution is 0.145. The molecule has 1 aromatic heterocycles. The second-order valence-electron chi connectivity index (χ2n) is 4.39. The van der Waals surface area contributed by atoms with Gasteiger partial charge in [0.2, 0.25) is 0 Å². The minimum atomic E-state index is 0.179. The third-order valence-electron chi connectivity index (χ3n) is 3.01. The van der Waals surface area contributed by atoms with Crippen molar-refractivity contribution in [2.75, 3.05) is 26.9 Å². The average molecular weight is 291 g/mol. The normalized spacial score (nSPS) is 12.3. The topological polar surface area (TPSA) is 30.5 Å². The molecule has 1 atom stereocenters. The first-order valence-corrected chi connectivity index (χ1v) is 7.72. The highest BCUT2D eigenvalue weighted by atomic mass is 32.1. The maximum Gasteiger partial charge on any atom is 0.124 e. The van der Waals surface area contributed by atoms with Crippen LogP contribution >= 0.6 is 11.3 Å². The molecule has 1 heterocycles. The summed E-state index contributed by atoms with van der Waals surface area (Å²) in [6.45, 7) is 4.19. The van der Waals surface area contributed by atoms with Gasteiger partial charge in [0.15, 0.2) is 0 Å². The predicted molar refractivity (Wildman–Crippen MR) is 83.7 cm³/mol. The van der Waals surface area contributed by atoms with E-state index in [0.29, 0.717) is 13.2 Å². The highest BCUT2D eigenvalue weighted by Gasteiger charge is 2.17. The molecule has 1 unspecified atom stereocenters. The summed E-state index contributed by atoms with van der Waals surface area (Å²) >= 11 is 1.76. The Labute approximate surface area is 124 Å². The Hall–Kier alpha value is -1.36. The van der Waals surface area contributed by atoms with E-state index < -0.39 is 0 Å². The summed E-state index contributed by atoms with van der Waals surface area (Å²) < 4.78 is 10.9. The number of hydrogen-bond donors (Lipinski definition) is 1. The van der Waals surface area contributed by atoms with Crippen LogP contribution in [0.25, 0.3) is 0 Å². The first kappa shape index (κ1) is 15.0. The van der Waals surface area contributed by atoms with Crippen LogP contribution in [0.5, 0.6) is 5.75 Å². The lowest BCUT2D eigenvalue weighted by Crippen LogP contribution is -2.22. The Kier molecular flexibility index (Phi) is 6.05. The number of benzene rings is 1. The number of thiophene rings is 1. The molecule has 1 aromatic carbocycles. The zero-order valence-corrected chi connectivity index (χ0v) is 12.8. The van der Waals surface area contributed by atoms with Crippen molar-refractivity contribution in [3.8, 4) is 5.75 Å². The van der Waals surface area contributed by atoms with Crippen molar-refractivity contribution in [1.82, 2.24) is 5.32 Å². The van der Waals surface area contributed by atoms with Crippen LogP contribution in [0, 0.1) is 0 Å². The van der Waals surface area contributed by atoms with Crippen LogP contribution in [0.4, 0.5) is 0 Å². The summed E-state index contributed by atoms with van der Waals surface area (Å²) in [7, 11) is 1.68. The molecule has 0 saturated heterocycles. The van der Waals surface area contributed by atoms with Gasteiger partial charge in [0, 0.05) is 17.6 Å². The Balaban J connectivity index is 2.23. The molecule has 0 bridgehead atoms. The zero-order valence-electron chi connectivity index (χ0n) is 12.0. The van der Waals surface area contributed by atoms with Gasteiger partial charge in [0.25, 0.3) is 0 Å². The standard InChI is InChI=1S/C16H21NO2S/c1-3-17-16(15-9-6-12-20-15)13-7-4-5-8-14(13)19-11-10-18-2/h4-9,12,16-17H,3,10-11H2,1-2H3. The molecule has 2 aromatic rings. The number of nitrogens with one attached hydrogen (secondary N) is 1. The van der Waals surface area contributed by atoms with Crippen LogP contribution in [0.3, 0.4) is 0 Å². The minimum absolute atomic E-state index is 0.179. The number of rotatable bonds is 8. The minimum Gasteiger partial charge on any atom is -0.491 e. The van der Waals surface area contributed by atoms with Gasteiger partial charge in [0.05, 0.1) is 12.6 Å². The third kappa shape index (κ3) is 3.82. The van der Waals surface area contributed by atoms with Gasteiger partial charge in [-0.2, -0.15) is 0 Å². The van der Waals surface area contributed by atoms with E-state index in [2.05, 4.69) is 41.9 Å². The van der Waals surface area contributed by atoms with Gasteiger partial charge < -0.3 is 14.8 Å². The van der Waals surface area contributed by atoms with Gasteiger partial charge in [-0.3, -0.25) is 0 Å². The quantitative estimate of drug-likeness (QED) is 0.755. The van der Waals surface area contributed by atoms with Crippen LogP contribution in [-0.2, 0) is 4.74 Å². The Bertz CT molecular complexity index is 499. The maximum atomic E-state index is 5.84. The summed E-state index contributed by atoms with van der Waals surface area (Å²) in [6, 6.07) is 12.6. The molecular weight excluding hydrogens is 270 g/mol. The van der Waals surface area contributed by atoms with Crippen LogP contribution in [0.15, 0.2) is 41.8 Å². The summed E-state index contributed by atoms with van der Waals surface area (Å²) in [5, 5.41) is 5.64. The van der Waals surface area contributed by atoms with Crippen molar-refractivity contribution < 1.29 is 9.47 Å². The summed E-state index contributed by atoms with van der Waals surface area (Å²) in [5.74, 6) is 0.920. The van der Waals surface area contributed by atoms with E-state index in [0.717, 1.165) is 12.3 Å². The molecule has 0 spiro atoms. The monoisotopic (exact) mass is 291 g/mol. The Morgan fingerprint density at radius 3 is 2.70 bits per heavy atom. The fourth-order valence-corrected chi connectivity index (χ4v) is 2.93. The smallest absolute Gasteiger partial charge is 0.124 e. The molecule has 0 radical (unpaired) electrons. The number of para-hydroxylation sites is 1. The van der Waals surface area contributed by atoms with Crippen molar-refractivity contribution in [2.45, 2.75) is 13.0 Å². The highest BCUT2D eigenvalue weighted by molar-refractivity contribution is 7.10. The molecule has 2 rings (SSSR count). The SMILES string of the molecule is CCNC(c1cccs1)c1ccccc1OCCOC. The van der Waals surface area contributed by atoms with E-state index in [4.69, 9.17) is 9.47 Å². The molecule has 108 valence electrons. The molecule has 0 aliphatic rings. The van der Waals surface area contributed by atoms with Crippen LogP contribution in [0.1, 0.15) is 23.4 Å². The Morgan fingerprint density at radius 2 is 2.00 bits per heavy atom. The van der Waals surface area contributed by atoms with Gasteiger partial charge in [-0.05, 0) is 24.1 Å². The van der Waals surface area contributed by atoms with E-state index in [1.54, 1.807) is 18.4 Å². The second-order valence-corrected chi connectivity index (χ2v) is 5.36. The van der Waals surface area contributed by atoms with Crippen molar-refractivity contribution in [3.63, 3.8) is 0 Å². The molecular formula is C16H21NO2S. The zero-order chi connectivity index (χ0) is 14.2. The summed E-state index contributed by atoms with van der Waals surface area (Å²) in [4.78, 5) is 1.30. The van der Waals surface area contributed by atoms with Crippen molar-refractivity contribution in [2.24, 2.45) is 0 Å². The molecule has 0 fully saturated rings. The fourth-order valence-electron chi connectivity index (χ4n) is 2.11. The number of methoxy groups -OCH3 is 1. The third-order valence-corrected chi connectivity index (χ3v) is 3.95. The van der Waals surface area contributed by atoms with E-state index in [-0.39, 0.29) is 6.04 Å². The van der Waals surface area contributed by atoms with E-state index in [9.17, 15) is 0 Å². The molecule has 20 heavy (non-hydrogen) atoms. The summed E-state index contributed by atoms with van der Waals surface area (Å²) in [5.41, 5.74) is 1.17. The molecule has 0 saturated carbocycles. The molecule has 3 nitrogen and oxygen atoms in total. The van der Waals surface area contributed by atoms with Gasteiger partial charge in [-0.25, -0.2) is 0 Å². The lowest BCUT2D eigenvalue weighted by Gasteiger charge is -2.20. The molecule has 0 aliphatic carbocycles. The van der Waals surface area contributed by atoms with E-state index in [1.165, 1.54) is 10.4 Å². The Morgan fingerprint density at radius 1 is 1.15 bits per heavy atom. The molecule has 1 N–H and O–H groups in total. The highest BCUT2D eigenvalue weighted by Crippen LogP contribution is 2.32. The van der Waals surface area contributed by atoms with Crippen LogP contribution in [-0.4, -0.2) is 26.9 Å². The predicted octanol–water partition coefficient (Wildman–Crippen LogP) is 3.47. The average Bonchev–Trinajstić information content (AvgIpc) is 3.00. The fraction of sp³-hybridized carbons (Fsp3) is 0.375. The van der Waals surface area contributed by atoms with Crippen molar-refractivity contribution >= 4 is 11.3 Å². The van der Waals surface area contributed by atoms with Gasteiger partial charge in [-0.15, -0.1) is 11.3 Å². The lowest BCUT2D eigenvalue weighted by atomic mass is 10.0. The molecule has 0 aliphatic heterocycles. The van der Waals surface area contributed by atoms with Crippen LogP contribution in [0.2, 0.25) is 0 Å². The largest absolute Gasteiger partial charge is 0.491 e. The maximum absolute atomic E-state index is 5.84. The van der Waals surface area contributed by atoms with E-state index in [1.807, 2.05) is 12.1 Å². The van der Waals surface area contributed by atoms with Crippen molar-refractivity contribution in [1.29, 1.82) is 0 Å². The van der Waals surface area contributed by atoms with Crippen LogP contribution < -0.4 is 10.1 Å². The number of ether oxygens (including phenoxy) is 2. The first-order valence-electron chi connectivity index (χ1n) is 6.84. The van der Waals surface area contributed by atoms with Gasteiger partial charge in [-0.1, -0.05) is 31.2 Å².